The van der Waals surface area contributed by atoms with Gasteiger partial charge in [-0.2, -0.15) is 5.26 Å². The molecule has 2 aromatic rings. The van der Waals surface area contributed by atoms with Gasteiger partial charge in [0, 0.05) is 17.8 Å². The molecular formula is C17H18N2O. The molecule has 0 heterocycles. The van der Waals surface area contributed by atoms with Crippen LogP contribution in [-0.2, 0) is 13.0 Å². The molecule has 102 valence electrons. The highest BCUT2D eigenvalue weighted by Crippen LogP contribution is 2.20. The second-order valence-corrected chi connectivity index (χ2v) is 4.46. The van der Waals surface area contributed by atoms with Gasteiger partial charge in [-0.15, -0.1) is 0 Å². The number of hydrogen-bond acceptors (Lipinski definition) is 3. The minimum absolute atomic E-state index is 0.0718. The highest BCUT2D eigenvalue weighted by atomic mass is 16.5. The zero-order valence-corrected chi connectivity index (χ0v) is 11.6. The lowest BCUT2D eigenvalue weighted by Crippen LogP contribution is -2.03. The van der Waals surface area contributed by atoms with Gasteiger partial charge in [-0.25, -0.2) is 0 Å². The molecule has 0 unspecified atom stereocenters. The Morgan fingerprint density at radius 2 is 2.00 bits per heavy atom. The first-order valence-corrected chi connectivity index (χ1v) is 6.74. The van der Waals surface area contributed by atoms with Gasteiger partial charge >= 0.3 is 0 Å². The molecule has 0 radical (unpaired) electrons. The molecule has 0 saturated carbocycles. The van der Waals surface area contributed by atoms with Crippen molar-refractivity contribution in [1.82, 2.24) is 0 Å². The van der Waals surface area contributed by atoms with Crippen LogP contribution >= 0.6 is 0 Å². The fraction of sp³-hybridized carbons (Fsp3) is 0.235. The van der Waals surface area contributed by atoms with Gasteiger partial charge in [0.2, 0.25) is 0 Å². The largest absolute Gasteiger partial charge is 0.478 e. The predicted molar refractivity (Wildman–Crippen MR) is 80.7 cm³/mol. The predicted octanol–water partition coefficient (Wildman–Crippen LogP) is 3.76. The summed E-state index contributed by atoms with van der Waals surface area (Å²) in [7, 11) is 0. The Labute approximate surface area is 119 Å². The number of benzene rings is 2. The smallest absolute Gasteiger partial charge is 0.174 e. The number of ether oxygens (including phenoxy) is 1. The summed E-state index contributed by atoms with van der Waals surface area (Å²) < 4.78 is 5.42. The molecule has 0 atom stereocenters. The van der Waals surface area contributed by atoms with Gasteiger partial charge in [0.15, 0.2) is 6.61 Å². The van der Waals surface area contributed by atoms with E-state index < -0.39 is 0 Å². The molecule has 0 aliphatic rings. The third-order valence-corrected chi connectivity index (χ3v) is 3.08. The Hall–Kier alpha value is -2.47. The van der Waals surface area contributed by atoms with E-state index in [1.165, 1.54) is 5.56 Å². The maximum absolute atomic E-state index is 8.59. The average molecular weight is 266 g/mol. The van der Waals surface area contributed by atoms with Crippen molar-refractivity contribution in [2.24, 2.45) is 0 Å². The number of nitrogens with zero attached hydrogens (tertiary/aromatic N) is 1. The molecule has 3 nitrogen and oxygen atoms in total. The molecule has 20 heavy (non-hydrogen) atoms. The summed E-state index contributed by atoms with van der Waals surface area (Å²) in [4.78, 5) is 0. The lowest BCUT2D eigenvalue weighted by Gasteiger charge is -2.11. The maximum atomic E-state index is 8.59. The van der Waals surface area contributed by atoms with E-state index in [2.05, 4.69) is 36.5 Å². The van der Waals surface area contributed by atoms with Crippen LogP contribution in [0.15, 0.2) is 48.5 Å². The Balaban J connectivity index is 2.05. The molecule has 3 heteroatoms. The van der Waals surface area contributed by atoms with Crippen molar-refractivity contribution in [3.63, 3.8) is 0 Å². The first-order chi connectivity index (χ1) is 9.83. The monoisotopic (exact) mass is 266 g/mol. The first-order valence-electron chi connectivity index (χ1n) is 6.74. The molecule has 0 aromatic heterocycles. The Morgan fingerprint density at radius 1 is 1.15 bits per heavy atom. The normalized spacial score (nSPS) is 9.80. The van der Waals surface area contributed by atoms with Crippen LogP contribution in [0.2, 0.25) is 0 Å². The maximum Gasteiger partial charge on any atom is 0.174 e. The van der Waals surface area contributed by atoms with Crippen LogP contribution in [-0.4, -0.2) is 6.61 Å². The first kappa shape index (κ1) is 14.0. The van der Waals surface area contributed by atoms with Crippen molar-refractivity contribution in [1.29, 1.82) is 5.26 Å². The number of nitrogens with one attached hydrogen (secondary N) is 1. The summed E-state index contributed by atoms with van der Waals surface area (Å²) in [5, 5.41) is 12.0. The van der Waals surface area contributed by atoms with E-state index in [-0.39, 0.29) is 6.61 Å². The summed E-state index contributed by atoms with van der Waals surface area (Å²) in [6.07, 6.45) is 1.03. The second kappa shape index (κ2) is 7.20. The summed E-state index contributed by atoms with van der Waals surface area (Å²) in [6, 6.07) is 18.1. The van der Waals surface area contributed by atoms with E-state index in [0.717, 1.165) is 23.4 Å². The van der Waals surface area contributed by atoms with Crippen LogP contribution in [0.5, 0.6) is 5.75 Å². The fourth-order valence-electron chi connectivity index (χ4n) is 2.00. The van der Waals surface area contributed by atoms with Crippen LogP contribution in [0.1, 0.15) is 18.1 Å². The molecule has 0 aliphatic heterocycles. The number of para-hydroxylation sites is 1. The third-order valence-electron chi connectivity index (χ3n) is 3.08. The van der Waals surface area contributed by atoms with E-state index >= 15 is 0 Å². The van der Waals surface area contributed by atoms with E-state index in [9.17, 15) is 0 Å². The van der Waals surface area contributed by atoms with E-state index in [1.807, 2.05) is 30.3 Å². The van der Waals surface area contributed by atoms with E-state index in [0.29, 0.717) is 6.54 Å². The van der Waals surface area contributed by atoms with Crippen molar-refractivity contribution in [2.75, 3.05) is 11.9 Å². The highest BCUT2D eigenvalue weighted by Gasteiger charge is 2.03. The van der Waals surface area contributed by atoms with Gasteiger partial charge in [0.25, 0.3) is 0 Å². The molecule has 2 rings (SSSR count). The molecule has 0 spiro atoms. The summed E-state index contributed by atoms with van der Waals surface area (Å²) in [6.45, 7) is 2.89. The molecule has 2 aromatic carbocycles. The fourth-order valence-corrected chi connectivity index (χ4v) is 2.00. The van der Waals surface area contributed by atoms with Crippen molar-refractivity contribution >= 4 is 5.69 Å². The van der Waals surface area contributed by atoms with Gasteiger partial charge in [-0.05, 0) is 30.2 Å². The third kappa shape index (κ3) is 3.76. The Kier molecular flexibility index (Phi) is 5.02. The average Bonchev–Trinajstić information content (AvgIpc) is 2.52. The summed E-state index contributed by atoms with van der Waals surface area (Å²) in [5.74, 6) is 0.758. The Bertz CT molecular complexity index is 602. The van der Waals surface area contributed by atoms with Crippen LogP contribution < -0.4 is 10.1 Å². The van der Waals surface area contributed by atoms with Crippen LogP contribution in [0.25, 0.3) is 0 Å². The molecule has 0 aliphatic carbocycles. The van der Waals surface area contributed by atoms with Crippen molar-refractivity contribution in [3.05, 3.63) is 59.7 Å². The molecule has 0 saturated heterocycles. The van der Waals surface area contributed by atoms with Crippen molar-refractivity contribution < 1.29 is 4.74 Å². The van der Waals surface area contributed by atoms with Gasteiger partial charge in [0.05, 0.1) is 0 Å². The second-order valence-electron chi connectivity index (χ2n) is 4.46. The molecule has 1 N–H and O–H groups in total. The minimum atomic E-state index is 0.0718. The standard InChI is InChI=1S/C17H18N2O/c1-2-14-6-5-8-16(12-14)19-13-15-7-3-4-9-17(15)20-11-10-18/h3-9,12,19H,2,11,13H2,1H3. The number of rotatable bonds is 6. The van der Waals surface area contributed by atoms with E-state index in [1.54, 1.807) is 0 Å². The summed E-state index contributed by atoms with van der Waals surface area (Å²) in [5.41, 5.74) is 3.45. The zero-order valence-electron chi connectivity index (χ0n) is 11.6. The molecular weight excluding hydrogens is 248 g/mol. The van der Waals surface area contributed by atoms with Crippen LogP contribution in [0.4, 0.5) is 5.69 Å². The lowest BCUT2D eigenvalue weighted by molar-refractivity contribution is 0.364. The van der Waals surface area contributed by atoms with Gasteiger partial charge < -0.3 is 10.1 Å². The lowest BCUT2D eigenvalue weighted by atomic mass is 10.1. The van der Waals surface area contributed by atoms with Gasteiger partial charge in [-0.3, -0.25) is 0 Å². The van der Waals surface area contributed by atoms with Crippen LogP contribution in [0.3, 0.4) is 0 Å². The van der Waals surface area contributed by atoms with Crippen molar-refractivity contribution in [2.45, 2.75) is 19.9 Å². The topological polar surface area (TPSA) is 45.0 Å². The number of nitriles is 1. The highest BCUT2D eigenvalue weighted by molar-refractivity contribution is 5.47. The van der Waals surface area contributed by atoms with Gasteiger partial charge in [-0.1, -0.05) is 37.3 Å². The number of hydrogen-bond donors (Lipinski definition) is 1. The van der Waals surface area contributed by atoms with Gasteiger partial charge in [0.1, 0.15) is 11.8 Å². The minimum Gasteiger partial charge on any atom is -0.478 e. The Morgan fingerprint density at radius 3 is 2.80 bits per heavy atom. The SMILES string of the molecule is CCc1cccc(NCc2ccccc2OCC#N)c1. The quantitative estimate of drug-likeness (QED) is 0.865. The number of anilines is 1. The van der Waals surface area contributed by atoms with Crippen molar-refractivity contribution in [3.8, 4) is 11.8 Å². The molecule has 0 fully saturated rings. The van der Waals surface area contributed by atoms with Crippen LogP contribution in [0, 0.1) is 11.3 Å². The van der Waals surface area contributed by atoms with E-state index in [4.69, 9.17) is 10.00 Å². The molecule has 0 amide bonds. The zero-order chi connectivity index (χ0) is 14.2. The molecule has 0 bridgehead atoms. The summed E-state index contributed by atoms with van der Waals surface area (Å²) >= 11 is 0. The number of aryl methyl sites for hydroxylation is 1.